The van der Waals surface area contributed by atoms with E-state index in [1.165, 1.54) is 0 Å². The van der Waals surface area contributed by atoms with Crippen LogP contribution < -0.4 is 9.80 Å². The molecule has 0 saturated carbocycles. The Morgan fingerprint density at radius 3 is 0.632 bits per heavy atom. The maximum absolute atomic E-state index is 10.3. The Labute approximate surface area is 394 Å². The van der Waals surface area contributed by atoms with Crippen molar-refractivity contribution in [3.8, 4) is 67.5 Å². The van der Waals surface area contributed by atoms with Crippen LogP contribution in [0.3, 0.4) is 0 Å². The summed E-state index contributed by atoms with van der Waals surface area (Å²) in [5.74, 6) is 0.859. The molecule has 0 aliphatic heterocycles. The van der Waals surface area contributed by atoms with Crippen LogP contribution in [0.1, 0.15) is 0 Å². The van der Waals surface area contributed by atoms with Crippen molar-refractivity contribution < 1.29 is 20.4 Å². The molecule has 0 radical (unpaired) electrons. The molecular formula is C62H44N2O4. The number of rotatable bonds is 10. The quantitative estimate of drug-likeness (QED) is 0.0809. The van der Waals surface area contributed by atoms with Crippen molar-refractivity contribution in [3.63, 3.8) is 0 Å². The minimum atomic E-state index is 0.215. The minimum Gasteiger partial charge on any atom is -0.508 e. The van der Waals surface area contributed by atoms with Crippen molar-refractivity contribution in [2.24, 2.45) is 0 Å². The molecule has 0 aromatic heterocycles. The molecule has 0 unspecified atom stereocenters. The van der Waals surface area contributed by atoms with Crippen molar-refractivity contribution in [2.45, 2.75) is 0 Å². The van der Waals surface area contributed by atoms with E-state index in [1.807, 2.05) is 48.5 Å². The Balaban J connectivity index is 1.13. The fourth-order valence-electron chi connectivity index (χ4n) is 9.33. The third-order valence-electron chi connectivity index (χ3n) is 12.5. The van der Waals surface area contributed by atoms with Gasteiger partial charge in [-0.25, -0.2) is 0 Å². The molecule has 0 spiro atoms. The summed E-state index contributed by atoms with van der Waals surface area (Å²) in [6.07, 6.45) is 0. The van der Waals surface area contributed by atoms with Gasteiger partial charge in [0.1, 0.15) is 23.0 Å². The van der Waals surface area contributed by atoms with E-state index >= 15 is 0 Å². The zero-order valence-electron chi connectivity index (χ0n) is 36.8. The molecule has 0 atom stereocenters. The first kappa shape index (κ1) is 41.4. The molecule has 11 rings (SSSR count). The second-order valence-electron chi connectivity index (χ2n) is 16.8. The predicted molar refractivity (Wildman–Crippen MR) is 279 cm³/mol. The van der Waals surface area contributed by atoms with Crippen LogP contribution in [0.2, 0.25) is 0 Å². The molecule has 11 aromatic rings. The summed E-state index contributed by atoms with van der Waals surface area (Å²) < 4.78 is 0. The SMILES string of the molecule is Oc1cccc(-c2ccc(N(c3ccc(-c4cccc(O)c4)cc3)c3c4ccccc4c(N(c4ccc(-c5cccc(O)c5)cc4)c4ccc(-c5cccc(O)c5)cc4)c4ccccc34)cc2)c1. The van der Waals surface area contributed by atoms with Crippen LogP contribution in [0, 0.1) is 0 Å². The van der Waals surface area contributed by atoms with Crippen LogP contribution in [-0.4, -0.2) is 20.4 Å². The number of hydrogen-bond donors (Lipinski definition) is 4. The van der Waals surface area contributed by atoms with Gasteiger partial charge >= 0.3 is 0 Å². The molecule has 0 saturated heterocycles. The molecule has 6 nitrogen and oxygen atoms in total. The minimum absolute atomic E-state index is 0.215. The van der Waals surface area contributed by atoms with E-state index in [1.54, 1.807) is 48.5 Å². The van der Waals surface area contributed by atoms with Crippen molar-refractivity contribution in [2.75, 3.05) is 9.80 Å². The first-order chi connectivity index (χ1) is 33.3. The number of hydrogen-bond acceptors (Lipinski definition) is 6. The van der Waals surface area contributed by atoms with E-state index in [9.17, 15) is 20.4 Å². The highest BCUT2D eigenvalue weighted by atomic mass is 16.3. The third kappa shape index (κ3) is 7.97. The normalized spacial score (nSPS) is 11.2. The zero-order chi connectivity index (χ0) is 46.1. The molecule has 6 heteroatoms. The van der Waals surface area contributed by atoms with E-state index in [0.717, 1.165) is 100 Å². The van der Waals surface area contributed by atoms with Crippen LogP contribution in [-0.2, 0) is 0 Å². The third-order valence-corrected chi connectivity index (χ3v) is 12.5. The topological polar surface area (TPSA) is 87.4 Å². The lowest BCUT2D eigenvalue weighted by Crippen LogP contribution is -2.14. The Hall–Kier alpha value is -9.26. The van der Waals surface area contributed by atoms with E-state index < -0.39 is 0 Å². The maximum Gasteiger partial charge on any atom is 0.116 e. The van der Waals surface area contributed by atoms with Gasteiger partial charge in [-0.15, -0.1) is 0 Å². The molecule has 0 heterocycles. The van der Waals surface area contributed by atoms with Crippen molar-refractivity contribution in [1.29, 1.82) is 0 Å². The lowest BCUT2D eigenvalue weighted by molar-refractivity contribution is 0.475. The molecule has 0 amide bonds. The van der Waals surface area contributed by atoms with Crippen molar-refractivity contribution >= 4 is 55.7 Å². The zero-order valence-corrected chi connectivity index (χ0v) is 36.8. The molecule has 0 aliphatic carbocycles. The molecule has 11 aromatic carbocycles. The van der Waals surface area contributed by atoms with Crippen LogP contribution in [0.4, 0.5) is 34.1 Å². The average molecular weight is 881 g/mol. The first-order valence-electron chi connectivity index (χ1n) is 22.5. The molecule has 0 bridgehead atoms. The Morgan fingerprint density at radius 2 is 0.426 bits per heavy atom. The van der Waals surface area contributed by atoms with Crippen LogP contribution in [0.5, 0.6) is 23.0 Å². The first-order valence-corrected chi connectivity index (χ1v) is 22.5. The van der Waals surface area contributed by atoms with E-state index in [0.29, 0.717) is 0 Å². The van der Waals surface area contributed by atoms with Gasteiger partial charge in [0.05, 0.1) is 11.4 Å². The van der Waals surface area contributed by atoms with E-state index in [-0.39, 0.29) is 23.0 Å². The predicted octanol–water partition coefficient (Wildman–Crippen LogP) is 16.4. The number of phenols is 4. The second kappa shape index (κ2) is 17.6. The molecular weight excluding hydrogens is 837 g/mol. The van der Waals surface area contributed by atoms with Gasteiger partial charge in [0, 0.05) is 44.3 Å². The summed E-state index contributed by atoms with van der Waals surface area (Å²) in [4.78, 5) is 4.65. The van der Waals surface area contributed by atoms with Gasteiger partial charge in [0.15, 0.2) is 0 Å². The molecule has 4 N–H and O–H groups in total. The smallest absolute Gasteiger partial charge is 0.116 e. The highest BCUT2D eigenvalue weighted by Crippen LogP contribution is 2.51. The van der Waals surface area contributed by atoms with Gasteiger partial charge in [-0.2, -0.15) is 0 Å². The van der Waals surface area contributed by atoms with Gasteiger partial charge < -0.3 is 30.2 Å². The summed E-state index contributed by atoms with van der Waals surface area (Å²) in [7, 11) is 0. The highest BCUT2D eigenvalue weighted by molar-refractivity contribution is 6.23. The Bertz CT molecular complexity index is 3130. The summed E-state index contributed by atoms with van der Waals surface area (Å²) in [6, 6.07) is 80.3. The van der Waals surface area contributed by atoms with Gasteiger partial charge in [0.25, 0.3) is 0 Å². The van der Waals surface area contributed by atoms with Crippen LogP contribution in [0.25, 0.3) is 66.1 Å². The summed E-state index contributed by atoms with van der Waals surface area (Å²) in [5.41, 5.74) is 13.4. The second-order valence-corrected chi connectivity index (χ2v) is 16.8. The van der Waals surface area contributed by atoms with Gasteiger partial charge in [-0.3, -0.25) is 0 Å². The monoisotopic (exact) mass is 880 g/mol. The maximum atomic E-state index is 10.3. The molecule has 68 heavy (non-hydrogen) atoms. The molecule has 326 valence electrons. The van der Waals surface area contributed by atoms with Gasteiger partial charge in [-0.1, -0.05) is 146 Å². The summed E-state index contributed by atoms with van der Waals surface area (Å²) >= 11 is 0. The van der Waals surface area contributed by atoms with Crippen LogP contribution >= 0.6 is 0 Å². The van der Waals surface area contributed by atoms with Gasteiger partial charge in [0.2, 0.25) is 0 Å². The lowest BCUT2D eigenvalue weighted by Gasteiger charge is -2.33. The largest absolute Gasteiger partial charge is 0.508 e. The number of phenolic OH excluding ortho intramolecular Hbond substituents is 4. The summed E-state index contributed by atoms with van der Waals surface area (Å²) in [6.45, 7) is 0. The van der Waals surface area contributed by atoms with Crippen LogP contribution in [0.15, 0.2) is 243 Å². The standard InChI is InChI=1S/C62H44N2O4/c65-53-13-5-9-45(37-53)41-21-29-49(30-22-41)63(50-31-23-42(24-32-50)46-10-6-14-54(66)38-46)61-57-17-1-2-18-58(57)62(60-20-4-3-19-59(60)61)64(51-33-25-43(26-34-51)47-11-7-15-55(67)39-47)52-35-27-44(28-36-52)48-12-8-16-56(68)40-48/h1-40,65-68H. The highest BCUT2D eigenvalue weighted by Gasteiger charge is 2.26. The van der Waals surface area contributed by atoms with Crippen molar-refractivity contribution in [1.82, 2.24) is 0 Å². The van der Waals surface area contributed by atoms with E-state index in [4.69, 9.17) is 0 Å². The number of benzene rings is 11. The van der Waals surface area contributed by atoms with Gasteiger partial charge in [-0.05, 0) is 142 Å². The van der Waals surface area contributed by atoms with E-state index in [2.05, 4.69) is 155 Å². The number of nitrogens with zero attached hydrogens (tertiary/aromatic N) is 2. The molecule has 0 fully saturated rings. The fraction of sp³-hybridized carbons (Fsp3) is 0. The Kier molecular flexibility index (Phi) is 10.7. The fourth-order valence-corrected chi connectivity index (χ4v) is 9.33. The molecule has 0 aliphatic rings. The number of anilines is 6. The average Bonchev–Trinajstić information content (AvgIpc) is 3.38. The number of fused-ring (bicyclic) bond motifs is 2. The number of aromatic hydroxyl groups is 4. The lowest BCUT2D eigenvalue weighted by atomic mass is 9.94. The Morgan fingerprint density at radius 1 is 0.206 bits per heavy atom. The van der Waals surface area contributed by atoms with Crippen molar-refractivity contribution in [3.05, 3.63) is 243 Å². The summed E-state index contributed by atoms with van der Waals surface area (Å²) in [5, 5.41) is 45.5.